The van der Waals surface area contributed by atoms with Gasteiger partial charge in [-0.15, -0.1) is 22.7 Å². The zero-order chi connectivity index (χ0) is 44.4. The summed E-state index contributed by atoms with van der Waals surface area (Å²) >= 11 is 3.27. The van der Waals surface area contributed by atoms with Gasteiger partial charge in [0, 0.05) is 47.2 Å². The van der Waals surface area contributed by atoms with Gasteiger partial charge in [0.15, 0.2) is 0 Å². The summed E-state index contributed by atoms with van der Waals surface area (Å²) in [5.74, 6) is -1.21. The quantitative estimate of drug-likeness (QED) is 0.0689. The van der Waals surface area contributed by atoms with Crippen LogP contribution in [0.15, 0.2) is 127 Å². The summed E-state index contributed by atoms with van der Waals surface area (Å²) in [6.07, 6.45) is 15.5. The number of fused-ring (bicyclic) bond motifs is 7. The average molecular weight is 879 g/mol. The molecule has 1 N–H and O–H groups in total. The number of nitrogens with zero attached hydrogens (tertiary/aromatic N) is 2. The summed E-state index contributed by atoms with van der Waals surface area (Å²) in [4.78, 5) is 17.0. The number of nitriles is 1. The van der Waals surface area contributed by atoms with Crippen molar-refractivity contribution < 1.29 is 9.90 Å². The predicted octanol–water partition coefficient (Wildman–Crippen LogP) is 17.4. The van der Waals surface area contributed by atoms with E-state index in [4.69, 9.17) is 0 Å². The molecular weight excluding hydrogens is 821 g/mol. The van der Waals surface area contributed by atoms with E-state index in [2.05, 4.69) is 142 Å². The third kappa shape index (κ3) is 7.61. The van der Waals surface area contributed by atoms with Crippen molar-refractivity contribution in [2.45, 2.75) is 116 Å². The van der Waals surface area contributed by atoms with Crippen LogP contribution in [0.4, 0.5) is 17.1 Å². The first-order valence-corrected chi connectivity index (χ1v) is 25.2. The Morgan fingerprint density at radius 3 is 1.56 bits per heavy atom. The smallest absolute Gasteiger partial charge is 0.346 e. The zero-order valence-electron chi connectivity index (χ0n) is 37.7. The number of benzene rings is 5. The van der Waals surface area contributed by atoms with Gasteiger partial charge in [0.05, 0.1) is 0 Å². The van der Waals surface area contributed by atoms with Gasteiger partial charge in [-0.3, -0.25) is 0 Å². The molecule has 2 aliphatic carbocycles. The lowest BCUT2D eigenvalue weighted by atomic mass is 9.70. The molecule has 0 bridgehead atoms. The van der Waals surface area contributed by atoms with E-state index in [0.717, 1.165) is 46.0 Å². The lowest BCUT2D eigenvalue weighted by molar-refractivity contribution is -0.132. The van der Waals surface area contributed by atoms with Crippen molar-refractivity contribution in [2.24, 2.45) is 0 Å². The Hall–Kier alpha value is -5.74. The second-order valence-electron chi connectivity index (χ2n) is 18.0. The summed E-state index contributed by atoms with van der Waals surface area (Å²) in [5, 5.41) is 20.0. The largest absolute Gasteiger partial charge is 0.477 e. The van der Waals surface area contributed by atoms with Crippen LogP contribution >= 0.6 is 22.7 Å². The summed E-state index contributed by atoms with van der Waals surface area (Å²) < 4.78 is 1.19. The monoisotopic (exact) mass is 878 g/mol. The maximum Gasteiger partial charge on any atom is 0.346 e. The number of unbranched alkanes of at least 4 members (excludes halogenated alkanes) is 4. The molecule has 4 nitrogen and oxygen atoms in total. The van der Waals surface area contributed by atoms with E-state index in [-0.39, 0.29) is 16.4 Å². The van der Waals surface area contributed by atoms with Gasteiger partial charge in [0.1, 0.15) is 11.6 Å². The molecule has 2 aliphatic rings. The van der Waals surface area contributed by atoms with Crippen LogP contribution in [0.25, 0.3) is 48.2 Å². The van der Waals surface area contributed by atoms with Gasteiger partial charge >= 0.3 is 5.97 Å². The topological polar surface area (TPSA) is 64.3 Å². The first-order chi connectivity index (χ1) is 31.3. The first-order valence-electron chi connectivity index (χ1n) is 23.6. The number of carbonyl (C=O) groups is 1. The van der Waals surface area contributed by atoms with Gasteiger partial charge in [-0.1, -0.05) is 146 Å². The predicted molar refractivity (Wildman–Crippen MR) is 272 cm³/mol. The van der Waals surface area contributed by atoms with E-state index in [1.165, 1.54) is 135 Å². The number of carboxylic acids is 1. The van der Waals surface area contributed by atoms with Crippen molar-refractivity contribution in [1.29, 1.82) is 5.26 Å². The van der Waals surface area contributed by atoms with Gasteiger partial charge in [0.25, 0.3) is 0 Å². The zero-order valence-corrected chi connectivity index (χ0v) is 39.3. The molecule has 0 radical (unpaired) electrons. The molecule has 0 spiro atoms. The lowest BCUT2D eigenvalue weighted by Crippen LogP contribution is -2.26. The van der Waals surface area contributed by atoms with Crippen molar-refractivity contribution >= 4 is 61.9 Å². The Balaban J connectivity index is 1.23. The Bertz CT molecular complexity index is 2790. The summed E-state index contributed by atoms with van der Waals surface area (Å²) in [6, 6.07) is 48.0. The molecule has 0 saturated carbocycles. The second kappa shape index (κ2) is 18.4. The molecule has 0 aliphatic heterocycles. The number of hydrogen-bond donors (Lipinski definition) is 1. The van der Waals surface area contributed by atoms with Crippen LogP contribution in [0.3, 0.4) is 0 Å². The van der Waals surface area contributed by atoms with Crippen LogP contribution in [0.2, 0.25) is 0 Å². The van der Waals surface area contributed by atoms with Crippen molar-refractivity contribution in [3.05, 3.63) is 154 Å². The van der Waals surface area contributed by atoms with E-state index in [9.17, 15) is 15.2 Å². The number of aliphatic carboxylic acids is 1. The Morgan fingerprint density at radius 1 is 0.578 bits per heavy atom. The minimum absolute atomic E-state index is 0.0332. The fraction of sp³-hybridized carbons (Fsp3) is 0.310. The number of anilines is 3. The fourth-order valence-electron chi connectivity index (χ4n) is 11.0. The number of rotatable bonds is 18. The van der Waals surface area contributed by atoms with E-state index in [0.29, 0.717) is 0 Å². The highest BCUT2D eigenvalue weighted by atomic mass is 32.1. The molecule has 0 fully saturated rings. The fourth-order valence-corrected chi connectivity index (χ4v) is 13.1. The minimum atomic E-state index is -1.21. The third-order valence-corrected chi connectivity index (χ3v) is 16.4. The average Bonchev–Trinajstić information content (AvgIpc) is 4.09. The van der Waals surface area contributed by atoms with Crippen molar-refractivity contribution in [2.75, 3.05) is 4.90 Å². The highest BCUT2D eigenvalue weighted by Gasteiger charge is 2.44. The minimum Gasteiger partial charge on any atom is -0.477 e. The molecule has 324 valence electrons. The van der Waals surface area contributed by atoms with Crippen LogP contribution in [0, 0.1) is 11.3 Å². The van der Waals surface area contributed by atoms with Gasteiger partial charge in [-0.2, -0.15) is 5.26 Å². The number of thiophene rings is 2. The molecule has 0 unspecified atom stereocenters. The Kier molecular flexibility index (Phi) is 12.5. The van der Waals surface area contributed by atoms with E-state index in [1.807, 2.05) is 18.2 Å². The van der Waals surface area contributed by atoms with Gasteiger partial charge in [-0.05, 0) is 136 Å². The second-order valence-corrected chi connectivity index (χ2v) is 20.2. The molecule has 64 heavy (non-hydrogen) atoms. The Morgan fingerprint density at radius 2 is 1.06 bits per heavy atom. The Labute approximate surface area is 387 Å². The molecule has 6 heteroatoms. The normalized spacial score (nSPS) is 14.2. The molecule has 5 aromatic carbocycles. The van der Waals surface area contributed by atoms with E-state index < -0.39 is 5.97 Å². The molecule has 7 aromatic rings. The summed E-state index contributed by atoms with van der Waals surface area (Å²) in [5.41, 5.74) is 14.6. The molecule has 2 aromatic heterocycles. The van der Waals surface area contributed by atoms with Gasteiger partial charge in [-0.25, -0.2) is 4.79 Å². The molecule has 2 heterocycles. The third-order valence-electron chi connectivity index (χ3n) is 14.1. The summed E-state index contributed by atoms with van der Waals surface area (Å²) in [6.45, 7) is 9.30. The highest BCUT2D eigenvalue weighted by Crippen LogP contribution is 2.58. The number of carboxylic acid groups (broad SMARTS) is 1. The van der Waals surface area contributed by atoms with Crippen molar-refractivity contribution in [3.8, 4) is 38.1 Å². The van der Waals surface area contributed by atoms with Crippen molar-refractivity contribution in [1.82, 2.24) is 0 Å². The van der Waals surface area contributed by atoms with Crippen LogP contribution < -0.4 is 4.90 Å². The van der Waals surface area contributed by atoms with Gasteiger partial charge in [0.2, 0.25) is 0 Å². The van der Waals surface area contributed by atoms with E-state index >= 15 is 0 Å². The molecular formula is C58H58N2O2S2. The molecule has 0 amide bonds. The standard InChI is InChI=1S/C58H58N2O2S2/c1-5-9-29-57(30-10-6-2)49-19-15-13-17-45(49)47-26-23-41(35-51(47)57)60(42-24-27-48-46-18-14-16-20-50(46)58(31-11-7-3,32-12-8-4)52(48)36-42)43-22-21-39-34-55(64-54(39)37-43)53-28-25-44(63-53)33-40(38-59)56(61)62/h13-28,33-37H,5-12,29-32H2,1-4H3,(H,61,62). The lowest BCUT2D eigenvalue weighted by Gasteiger charge is -2.35. The molecule has 9 rings (SSSR count). The maximum absolute atomic E-state index is 11.6. The summed E-state index contributed by atoms with van der Waals surface area (Å²) in [7, 11) is 0. The SMILES string of the molecule is CCCCC1(CCCC)c2ccccc2-c2ccc(N(c3ccc4c(c3)C(CCCC)(CCCC)c3ccccc3-4)c3ccc4cc(-c5ccc(C=C(C#N)C(=O)O)s5)sc4c3)cc21. The number of hydrogen-bond acceptors (Lipinski definition) is 5. The first kappa shape index (κ1) is 43.5. The van der Waals surface area contributed by atoms with Gasteiger partial charge < -0.3 is 10.0 Å². The van der Waals surface area contributed by atoms with Crippen molar-refractivity contribution in [3.63, 3.8) is 0 Å². The van der Waals surface area contributed by atoms with E-state index in [1.54, 1.807) is 11.3 Å². The van der Waals surface area contributed by atoms with Crippen LogP contribution in [0.1, 0.15) is 132 Å². The maximum atomic E-state index is 11.6. The highest BCUT2D eigenvalue weighted by molar-refractivity contribution is 7.26. The molecule has 0 saturated heterocycles. The van der Waals surface area contributed by atoms with Crippen LogP contribution in [-0.4, -0.2) is 11.1 Å². The van der Waals surface area contributed by atoms with Crippen LogP contribution in [0.5, 0.6) is 0 Å². The molecule has 0 atom stereocenters. The van der Waals surface area contributed by atoms with Crippen LogP contribution in [-0.2, 0) is 15.6 Å².